The standard InChI is InChI=1S/C12H22F2N2O2.ClH/c1-16-11(18)12(13,14)10(17)9(15)7-8-5-3-2-4-6-8;/h8-10,17H,2-7,15H2,1H3,(H,16,18);1H. The summed E-state index contributed by atoms with van der Waals surface area (Å²) in [6.45, 7) is 0. The van der Waals surface area contributed by atoms with Crippen molar-refractivity contribution in [1.82, 2.24) is 5.32 Å². The highest BCUT2D eigenvalue weighted by molar-refractivity contribution is 5.85. The largest absolute Gasteiger partial charge is 0.385 e. The van der Waals surface area contributed by atoms with E-state index in [-0.39, 0.29) is 18.3 Å². The summed E-state index contributed by atoms with van der Waals surface area (Å²) in [7, 11) is 1.11. The summed E-state index contributed by atoms with van der Waals surface area (Å²) in [6, 6.07) is -1.07. The molecule has 4 N–H and O–H groups in total. The van der Waals surface area contributed by atoms with E-state index in [0.717, 1.165) is 32.7 Å². The summed E-state index contributed by atoms with van der Waals surface area (Å²) in [5.74, 6) is -5.04. The fraction of sp³-hybridized carbons (Fsp3) is 0.917. The lowest BCUT2D eigenvalue weighted by Gasteiger charge is -2.30. The van der Waals surface area contributed by atoms with Crippen LogP contribution in [0.4, 0.5) is 8.78 Å². The van der Waals surface area contributed by atoms with Gasteiger partial charge in [-0.15, -0.1) is 12.4 Å². The fourth-order valence-corrected chi connectivity index (χ4v) is 2.51. The van der Waals surface area contributed by atoms with Crippen LogP contribution in [0, 0.1) is 5.92 Å². The molecular formula is C12H23ClF2N2O2. The van der Waals surface area contributed by atoms with Crippen LogP contribution in [-0.2, 0) is 4.79 Å². The van der Waals surface area contributed by atoms with E-state index in [1.54, 1.807) is 0 Å². The molecule has 1 aliphatic carbocycles. The van der Waals surface area contributed by atoms with Gasteiger partial charge in [-0.05, 0) is 12.3 Å². The summed E-state index contributed by atoms with van der Waals surface area (Å²) in [5, 5.41) is 11.4. The van der Waals surface area contributed by atoms with Gasteiger partial charge in [0.2, 0.25) is 0 Å². The average molecular weight is 301 g/mol. The SMILES string of the molecule is CNC(=O)C(F)(F)C(O)C(N)CC1CCCCC1.Cl. The van der Waals surface area contributed by atoms with Gasteiger partial charge in [0.15, 0.2) is 0 Å². The van der Waals surface area contributed by atoms with Crippen LogP contribution in [-0.4, -0.2) is 36.1 Å². The van der Waals surface area contributed by atoms with Gasteiger partial charge in [0.1, 0.15) is 6.10 Å². The summed E-state index contributed by atoms with van der Waals surface area (Å²) in [4.78, 5) is 11.0. The Balaban J connectivity index is 0.00000324. The highest BCUT2D eigenvalue weighted by atomic mass is 35.5. The van der Waals surface area contributed by atoms with Crippen LogP contribution in [0.3, 0.4) is 0 Å². The molecule has 2 unspecified atom stereocenters. The molecule has 2 atom stereocenters. The van der Waals surface area contributed by atoms with Crippen LogP contribution in [0.2, 0.25) is 0 Å². The van der Waals surface area contributed by atoms with Gasteiger partial charge in [0.25, 0.3) is 5.91 Å². The molecule has 0 saturated heterocycles. The van der Waals surface area contributed by atoms with Gasteiger partial charge in [0, 0.05) is 13.1 Å². The topological polar surface area (TPSA) is 75.3 Å². The predicted octanol–water partition coefficient (Wildman–Crippen LogP) is 1.45. The van der Waals surface area contributed by atoms with Gasteiger partial charge in [-0.2, -0.15) is 8.78 Å². The normalized spacial score (nSPS) is 20.3. The first-order valence-electron chi connectivity index (χ1n) is 6.43. The van der Waals surface area contributed by atoms with E-state index in [4.69, 9.17) is 5.73 Å². The number of hydrogen-bond donors (Lipinski definition) is 3. The molecule has 1 amide bonds. The van der Waals surface area contributed by atoms with Crippen molar-refractivity contribution >= 4 is 18.3 Å². The molecule has 0 aromatic heterocycles. The molecule has 1 aliphatic rings. The van der Waals surface area contributed by atoms with Crippen LogP contribution < -0.4 is 11.1 Å². The van der Waals surface area contributed by atoms with Crippen molar-refractivity contribution in [2.45, 2.75) is 56.6 Å². The van der Waals surface area contributed by atoms with Crippen LogP contribution >= 0.6 is 12.4 Å². The third-order valence-electron chi connectivity index (χ3n) is 3.64. The van der Waals surface area contributed by atoms with Crippen LogP contribution in [0.5, 0.6) is 0 Å². The third kappa shape index (κ3) is 4.85. The van der Waals surface area contributed by atoms with Crippen molar-refractivity contribution in [2.75, 3.05) is 7.05 Å². The van der Waals surface area contributed by atoms with Crippen molar-refractivity contribution < 1.29 is 18.7 Å². The second-order valence-corrected chi connectivity index (χ2v) is 5.05. The van der Waals surface area contributed by atoms with Gasteiger partial charge in [-0.3, -0.25) is 4.79 Å². The molecule has 0 spiro atoms. The number of alkyl halides is 2. The van der Waals surface area contributed by atoms with Gasteiger partial charge in [-0.1, -0.05) is 32.1 Å². The zero-order chi connectivity index (χ0) is 13.8. The van der Waals surface area contributed by atoms with Crippen molar-refractivity contribution in [3.05, 3.63) is 0 Å². The molecule has 4 nitrogen and oxygen atoms in total. The number of aliphatic hydroxyl groups is 1. The summed E-state index contributed by atoms with van der Waals surface area (Å²) in [6.07, 6.45) is 3.48. The van der Waals surface area contributed by atoms with E-state index in [9.17, 15) is 18.7 Å². The van der Waals surface area contributed by atoms with E-state index in [1.807, 2.05) is 5.32 Å². The molecule has 0 aromatic carbocycles. The monoisotopic (exact) mass is 300 g/mol. The minimum absolute atomic E-state index is 0. The quantitative estimate of drug-likeness (QED) is 0.719. The molecule has 7 heteroatoms. The molecule has 0 aromatic rings. The molecule has 0 aliphatic heterocycles. The molecule has 0 heterocycles. The molecule has 0 bridgehead atoms. The number of aliphatic hydroxyl groups excluding tert-OH is 1. The highest BCUT2D eigenvalue weighted by Crippen LogP contribution is 2.30. The predicted molar refractivity (Wildman–Crippen MR) is 71.4 cm³/mol. The number of rotatable bonds is 5. The van der Waals surface area contributed by atoms with Gasteiger partial charge in [-0.25, -0.2) is 0 Å². The molecule has 114 valence electrons. The maximum atomic E-state index is 13.5. The Bertz CT molecular complexity index is 287. The van der Waals surface area contributed by atoms with Gasteiger partial charge >= 0.3 is 5.92 Å². The zero-order valence-corrected chi connectivity index (χ0v) is 11.9. The lowest BCUT2D eigenvalue weighted by atomic mass is 9.83. The maximum Gasteiger partial charge on any atom is 0.351 e. The Hall–Kier alpha value is -0.460. The van der Waals surface area contributed by atoms with Crippen LogP contribution in [0.15, 0.2) is 0 Å². The average Bonchev–Trinajstić information content (AvgIpc) is 2.37. The lowest BCUT2D eigenvalue weighted by Crippen LogP contribution is -2.55. The first-order chi connectivity index (χ1) is 8.39. The van der Waals surface area contributed by atoms with E-state index >= 15 is 0 Å². The van der Waals surface area contributed by atoms with Crippen molar-refractivity contribution in [2.24, 2.45) is 11.7 Å². The van der Waals surface area contributed by atoms with E-state index in [0.29, 0.717) is 6.42 Å². The molecule has 19 heavy (non-hydrogen) atoms. The van der Waals surface area contributed by atoms with Crippen molar-refractivity contribution in [3.8, 4) is 0 Å². The second kappa shape index (κ2) is 7.97. The Morgan fingerprint density at radius 1 is 1.42 bits per heavy atom. The molecule has 1 saturated carbocycles. The summed E-state index contributed by atoms with van der Waals surface area (Å²) < 4.78 is 26.9. The fourth-order valence-electron chi connectivity index (χ4n) is 2.51. The second-order valence-electron chi connectivity index (χ2n) is 5.05. The Morgan fingerprint density at radius 2 is 1.95 bits per heavy atom. The Morgan fingerprint density at radius 3 is 2.42 bits per heavy atom. The maximum absolute atomic E-state index is 13.5. The number of nitrogens with two attached hydrogens (primary N) is 1. The summed E-state index contributed by atoms with van der Waals surface area (Å²) in [5.41, 5.74) is 5.62. The number of amides is 1. The Kier molecular flexibility index (Phi) is 7.78. The first kappa shape index (κ1) is 18.5. The van der Waals surface area contributed by atoms with Crippen molar-refractivity contribution in [3.63, 3.8) is 0 Å². The molecule has 1 rings (SSSR count). The van der Waals surface area contributed by atoms with E-state index in [1.165, 1.54) is 6.42 Å². The number of halogens is 3. The molecule has 0 radical (unpaired) electrons. The van der Waals surface area contributed by atoms with Crippen LogP contribution in [0.25, 0.3) is 0 Å². The summed E-state index contributed by atoms with van der Waals surface area (Å²) >= 11 is 0. The number of nitrogens with one attached hydrogen (secondary N) is 1. The van der Waals surface area contributed by atoms with Crippen LogP contribution in [0.1, 0.15) is 38.5 Å². The highest BCUT2D eigenvalue weighted by Gasteiger charge is 2.48. The minimum Gasteiger partial charge on any atom is -0.385 e. The first-order valence-corrected chi connectivity index (χ1v) is 6.43. The molecule has 1 fully saturated rings. The third-order valence-corrected chi connectivity index (χ3v) is 3.64. The Labute approximate surface area is 118 Å². The van der Waals surface area contributed by atoms with Crippen molar-refractivity contribution in [1.29, 1.82) is 0 Å². The van der Waals surface area contributed by atoms with E-state index < -0.39 is 24.0 Å². The molecular weight excluding hydrogens is 278 g/mol. The van der Waals surface area contributed by atoms with Gasteiger partial charge < -0.3 is 16.2 Å². The minimum atomic E-state index is -3.83. The lowest BCUT2D eigenvalue weighted by molar-refractivity contribution is -0.165. The van der Waals surface area contributed by atoms with E-state index in [2.05, 4.69) is 0 Å². The number of hydrogen-bond acceptors (Lipinski definition) is 3. The van der Waals surface area contributed by atoms with Gasteiger partial charge in [0.05, 0.1) is 0 Å². The smallest absolute Gasteiger partial charge is 0.351 e. The number of carbonyl (C=O) groups is 1. The number of carbonyl (C=O) groups excluding carboxylic acids is 1. The zero-order valence-electron chi connectivity index (χ0n) is 11.1.